The Hall–Kier alpha value is -4.16. The Bertz CT molecular complexity index is 1500. The SMILES string of the molecule is Cc1cc(N2CCCc3ccccc32)ccc1-c1ccc2c(c1)CCN[C@H]2CNc1cnccc1C(=O)O. The number of para-hydroxylation sites is 1. The molecule has 0 saturated heterocycles. The van der Waals surface area contributed by atoms with Crippen LogP contribution in [-0.4, -0.2) is 35.7 Å². The minimum Gasteiger partial charge on any atom is -0.478 e. The summed E-state index contributed by atoms with van der Waals surface area (Å²) < 4.78 is 0. The number of nitrogens with one attached hydrogen (secondary N) is 2. The number of aromatic carboxylic acids is 1. The fourth-order valence-electron chi connectivity index (χ4n) is 5.88. The summed E-state index contributed by atoms with van der Waals surface area (Å²) >= 11 is 0. The van der Waals surface area contributed by atoms with Crippen molar-refractivity contribution in [2.24, 2.45) is 0 Å². The Balaban J connectivity index is 1.23. The predicted molar refractivity (Wildman–Crippen MR) is 153 cm³/mol. The molecule has 0 unspecified atom stereocenters. The topological polar surface area (TPSA) is 77.5 Å². The number of aryl methyl sites for hydroxylation is 2. The Morgan fingerprint density at radius 1 is 1.08 bits per heavy atom. The van der Waals surface area contributed by atoms with Crippen molar-refractivity contribution in [3.05, 3.63) is 107 Å². The van der Waals surface area contributed by atoms with Gasteiger partial charge in [-0.05, 0) is 90.4 Å². The minimum atomic E-state index is -0.956. The first-order chi connectivity index (χ1) is 18.6. The third-order valence-electron chi connectivity index (χ3n) is 7.79. The zero-order chi connectivity index (χ0) is 26.1. The molecule has 2 aliphatic heterocycles. The number of carbonyl (C=O) groups is 1. The Morgan fingerprint density at radius 3 is 2.84 bits per heavy atom. The zero-order valence-electron chi connectivity index (χ0n) is 21.6. The summed E-state index contributed by atoms with van der Waals surface area (Å²) in [6.07, 6.45) is 6.36. The van der Waals surface area contributed by atoms with Crippen LogP contribution in [0.15, 0.2) is 79.1 Å². The molecular weight excluding hydrogens is 472 g/mol. The second-order valence-corrected chi connectivity index (χ2v) is 10.2. The van der Waals surface area contributed by atoms with E-state index < -0.39 is 5.97 Å². The fraction of sp³-hybridized carbons (Fsp3) is 0.250. The smallest absolute Gasteiger partial charge is 0.337 e. The predicted octanol–water partition coefficient (Wildman–Crippen LogP) is 6.14. The molecule has 6 heteroatoms. The number of rotatable bonds is 6. The first-order valence-electron chi connectivity index (χ1n) is 13.3. The van der Waals surface area contributed by atoms with Gasteiger partial charge in [0.15, 0.2) is 0 Å². The highest BCUT2D eigenvalue weighted by molar-refractivity contribution is 5.93. The van der Waals surface area contributed by atoms with Gasteiger partial charge in [-0.2, -0.15) is 0 Å². The van der Waals surface area contributed by atoms with Gasteiger partial charge >= 0.3 is 5.97 Å². The summed E-state index contributed by atoms with van der Waals surface area (Å²) in [6, 6.07) is 24.0. The molecule has 6 rings (SSSR count). The van der Waals surface area contributed by atoms with Gasteiger partial charge in [0.2, 0.25) is 0 Å². The van der Waals surface area contributed by atoms with Gasteiger partial charge in [-0.15, -0.1) is 0 Å². The number of aromatic nitrogens is 1. The summed E-state index contributed by atoms with van der Waals surface area (Å²) in [5.41, 5.74) is 11.1. The van der Waals surface area contributed by atoms with Gasteiger partial charge in [0.05, 0.1) is 17.4 Å². The Labute approximate surface area is 223 Å². The number of pyridine rings is 1. The van der Waals surface area contributed by atoms with Crippen molar-refractivity contribution in [2.75, 3.05) is 29.9 Å². The number of hydrogen-bond acceptors (Lipinski definition) is 5. The van der Waals surface area contributed by atoms with Crippen LogP contribution in [0.25, 0.3) is 11.1 Å². The van der Waals surface area contributed by atoms with Crippen molar-refractivity contribution in [1.29, 1.82) is 0 Å². The molecule has 3 heterocycles. The van der Waals surface area contributed by atoms with E-state index in [2.05, 4.69) is 88.1 Å². The van der Waals surface area contributed by atoms with Gasteiger partial charge in [-0.1, -0.05) is 42.5 Å². The summed E-state index contributed by atoms with van der Waals surface area (Å²) in [6.45, 7) is 4.72. The van der Waals surface area contributed by atoms with Crippen molar-refractivity contribution in [1.82, 2.24) is 10.3 Å². The van der Waals surface area contributed by atoms with Gasteiger partial charge in [0.1, 0.15) is 0 Å². The van der Waals surface area contributed by atoms with E-state index in [0.717, 1.165) is 25.9 Å². The van der Waals surface area contributed by atoms with Crippen LogP contribution < -0.4 is 15.5 Å². The van der Waals surface area contributed by atoms with E-state index in [1.807, 2.05) is 0 Å². The van der Waals surface area contributed by atoms with Gasteiger partial charge < -0.3 is 20.6 Å². The average molecular weight is 505 g/mol. The third-order valence-corrected chi connectivity index (χ3v) is 7.79. The first-order valence-corrected chi connectivity index (χ1v) is 13.3. The van der Waals surface area contributed by atoms with Gasteiger partial charge in [-0.3, -0.25) is 4.98 Å². The van der Waals surface area contributed by atoms with Crippen LogP contribution in [0.3, 0.4) is 0 Å². The van der Waals surface area contributed by atoms with E-state index >= 15 is 0 Å². The molecule has 0 amide bonds. The number of nitrogens with zero attached hydrogens (tertiary/aromatic N) is 2. The van der Waals surface area contributed by atoms with Crippen molar-refractivity contribution in [3.8, 4) is 11.1 Å². The van der Waals surface area contributed by atoms with E-state index in [9.17, 15) is 9.90 Å². The van der Waals surface area contributed by atoms with E-state index in [1.54, 1.807) is 6.20 Å². The van der Waals surface area contributed by atoms with Crippen LogP contribution >= 0.6 is 0 Å². The molecule has 4 aromatic rings. The number of carboxylic acids is 1. The molecule has 0 saturated carbocycles. The van der Waals surface area contributed by atoms with E-state index in [4.69, 9.17) is 0 Å². The number of anilines is 3. The van der Waals surface area contributed by atoms with Crippen LogP contribution in [0.4, 0.5) is 17.1 Å². The van der Waals surface area contributed by atoms with E-state index in [0.29, 0.717) is 12.2 Å². The lowest BCUT2D eigenvalue weighted by atomic mass is 9.89. The maximum absolute atomic E-state index is 11.6. The monoisotopic (exact) mass is 504 g/mol. The zero-order valence-corrected chi connectivity index (χ0v) is 21.6. The number of fused-ring (bicyclic) bond motifs is 2. The van der Waals surface area contributed by atoms with Crippen LogP contribution in [0.2, 0.25) is 0 Å². The largest absolute Gasteiger partial charge is 0.478 e. The maximum Gasteiger partial charge on any atom is 0.337 e. The molecule has 0 fully saturated rings. The molecule has 0 bridgehead atoms. The standard InChI is InChI=1S/C32H32N4O2/c1-21-17-25(36-16-4-6-22-5-2-3-7-31(22)36)9-11-26(21)23-8-10-27-24(18-23)12-15-34-30(27)20-35-29-19-33-14-13-28(29)32(37)38/h2-3,5,7-11,13-14,17-19,30,34-35H,4,6,12,15-16,20H2,1H3,(H,37,38)/t30-/m0/s1. The van der Waals surface area contributed by atoms with Gasteiger partial charge in [0.25, 0.3) is 0 Å². The minimum absolute atomic E-state index is 0.0947. The van der Waals surface area contributed by atoms with Crippen LogP contribution in [0.1, 0.15) is 45.1 Å². The molecule has 1 aromatic heterocycles. The molecule has 192 valence electrons. The maximum atomic E-state index is 11.6. The molecule has 3 N–H and O–H groups in total. The summed E-state index contributed by atoms with van der Waals surface area (Å²) in [5, 5.41) is 16.3. The molecule has 2 aliphatic rings. The first kappa shape index (κ1) is 24.2. The molecule has 6 nitrogen and oxygen atoms in total. The highest BCUT2D eigenvalue weighted by Crippen LogP contribution is 2.37. The average Bonchev–Trinajstić information content (AvgIpc) is 2.95. The second-order valence-electron chi connectivity index (χ2n) is 10.2. The van der Waals surface area contributed by atoms with Gasteiger partial charge in [0, 0.05) is 36.7 Å². The lowest BCUT2D eigenvalue weighted by molar-refractivity contribution is 0.0697. The third kappa shape index (κ3) is 4.63. The molecule has 38 heavy (non-hydrogen) atoms. The van der Waals surface area contributed by atoms with Crippen molar-refractivity contribution in [3.63, 3.8) is 0 Å². The molecule has 0 spiro atoms. The molecule has 3 aromatic carbocycles. The van der Waals surface area contributed by atoms with Crippen molar-refractivity contribution >= 4 is 23.0 Å². The molecule has 0 radical (unpaired) electrons. The van der Waals surface area contributed by atoms with Crippen molar-refractivity contribution < 1.29 is 9.90 Å². The van der Waals surface area contributed by atoms with Crippen LogP contribution in [-0.2, 0) is 12.8 Å². The van der Waals surface area contributed by atoms with Crippen molar-refractivity contribution in [2.45, 2.75) is 32.2 Å². The number of hydrogen-bond donors (Lipinski definition) is 3. The Kier molecular flexibility index (Phi) is 6.56. The normalized spacial score (nSPS) is 16.4. The van der Waals surface area contributed by atoms with Crippen LogP contribution in [0.5, 0.6) is 0 Å². The Morgan fingerprint density at radius 2 is 1.97 bits per heavy atom. The molecular formula is C32H32N4O2. The molecule has 1 atom stereocenters. The quantitative estimate of drug-likeness (QED) is 0.293. The second kappa shape index (κ2) is 10.3. The fourth-order valence-corrected chi connectivity index (χ4v) is 5.88. The van der Waals surface area contributed by atoms with E-state index in [1.165, 1.54) is 63.4 Å². The number of carboxylic acid groups (broad SMARTS) is 1. The highest BCUT2D eigenvalue weighted by Gasteiger charge is 2.22. The van der Waals surface area contributed by atoms with Crippen LogP contribution in [0, 0.1) is 6.92 Å². The summed E-state index contributed by atoms with van der Waals surface area (Å²) in [5.74, 6) is -0.956. The van der Waals surface area contributed by atoms with E-state index in [-0.39, 0.29) is 11.6 Å². The number of benzene rings is 3. The molecule has 0 aliphatic carbocycles. The lowest BCUT2D eigenvalue weighted by Gasteiger charge is -2.32. The lowest BCUT2D eigenvalue weighted by Crippen LogP contribution is -2.34. The highest BCUT2D eigenvalue weighted by atomic mass is 16.4. The summed E-state index contributed by atoms with van der Waals surface area (Å²) in [7, 11) is 0. The van der Waals surface area contributed by atoms with Gasteiger partial charge in [-0.25, -0.2) is 4.79 Å². The summed E-state index contributed by atoms with van der Waals surface area (Å²) in [4.78, 5) is 18.1.